The average Bonchev–Trinajstić information content (AvgIpc) is 2.56. The Balaban J connectivity index is 0.00000288. The van der Waals surface area contributed by atoms with Crippen molar-refractivity contribution in [3.63, 3.8) is 0 Å². The Labute approximate surface area is 162 Å². The summed E-state index contributed by atoms with van der Waals surface area (Å²) in [6, 6.07) is 8.07. The molecular formula is C18H30IN3O2. The smallest absolute Gasteiger partial charge is 0.193 e. The van der Waals surface area contributed by atoms with Gasteiger partial charge in [0.15, 0.2) is 5.96 Å². The molecule has 0 atom stereocenters. The molecule has 5 nitrogen and oxygen atoms in total. The van der Waals surface area contributed by atoms with Gasteiger partial charge in [0.1, 0.15) is 5.75 Å². The monoisotopic (exact) mass is 447 g/mol. The molecule has 0 amide bonds. The SMILES string of the molecule is CCNC(=NCCCOc1ccccc1C)N1CCC(O)CC1.I. The van der Waals surface area contributed by atoms with Crippen LogP contribution in [0.4, 0.5) is 0 Å². The zero-order valence-corrected chi connectivity index (χ0v) is 17.0. The molecule has 1 saturated heterocycles. The Hall–Kier alpha value is -1.02. The van der Waals surface area contributed by atoms with Gasteiger partial charge in [-0.2, -0.15) is 0 Å². The lowest BCUT2D eigenvalue weighted by Gasteiger charge is -2.32. The largest absolute Gasteiger partial charge is 0.493 e. The molecule has 0 aromatic heterocycles. The van der Waals surface area contributed by atoms with Crippen molar-refractivity contribution in [3.05, 3.63) is 29.8 Å². The Bertz CT molecular complexity index is 503. The van der Waals surface area contributed by atoms with Crippen LogP contribution < -0.4 is 10.1 Å². The van der Waals surface area contributed by atoms with E-state index < -0.39 is 0 Å². The first kappa shape index (κ1) is 21.0. The van der Waals surface area contributed by atoms with Gasteiger partial charge in [0.05, 0.1) is 12.7 Å². The number of aliphatic hydroxyl groups is 1. The number of rotatable bonds is 6. The molecule has 1 heterocycles. The summed E-state index contributed by atoms with van der Waals surface area (Å²) in [5.74, 6) is 1.91. The number of para-hydroxylation sites is 1. The Morgan fingerprint density at radius 3 is 2.71 bits per heavy atom. The van der Waals surface area contributed by atoms with E-state index in [9.17, 15) is 5.11 Å². The Morgan fingerprint density at radius 1 is 1.33 bits per heavy atom. The van der Waals surface area contributed by atoms with E-state index in [2.05, 4.69) is 35.1 Å². The molecule has 0 bridgehead atoms. The highest BCUT2D eigenvalue weighted by Gasteiger charge is 2.19. The number of guanidine groups is 1. The zero-order valence-electron chi connectivity index (χ0n) is 14.7. The summed E-state index contributed by atoms with van der Waals surface area (Å²) in [6.07, 6.45) is 2.37. The van der Waals surface area contributed by atoms with E-state index in [1.165, 1.54) is 0 Å². The van der Waals surface area contributed by atoms with Crippen LogP contribution in [0.5, 0.6) is 5.75 Å². The van der Waals surface area contributed by atoms with Crippen molar-refractivity contribution in [1.29, 1.82) is 0 Å². The van der Waals surface area contributed by atoms with Crippen LogP contribution in [0.15, 0.2) is 29.3 Å². The topological polar surface area (TPSA) is 57.1 Å². The van der Waals surface area contributed by atoms with E-state index in [0.717, 1.165) is 62.7 Å². The summed E-state index contributed by atoms with van der Waals surface area (Å²) in [4.78, 5) is 6.92. The number of hydrogen-bond donors (Lipinski definition) is 2. The minimum absolute atomic E-state index is 0. The lowest BCUT2D eigenvalue weighted by Crippen LogP contribution is -2.46. The summed E-state index contributed by atoms with van der Waals surface area (Å²) >= 11 is 0. The molecule has 136 valence electrons. The number of nitrogens with one attached hydrogen (secondary N) is 1. The second-order valence-electron chi connectivity index (χ2n) is 5.92. The number of ether oxygens (including phenoxy) is 1. The molecule has 6 heteroatoms. The van der Waals surface area contributed by atoms with Crippen LogP contribution in [0.2, 0.25) is 0 Å². The summed E-state index contributed by atoms with van der Waals surface area (Å²) in [6.45, 7) is 8.15. The van der Waals surface area contributed by atoms with Crippen molar-refractivity contribution in [1.82, 2.24) is 10.2 Å². The van der Waals surface area contributed by atoms with Gasteiger partial charge in [-0.15, -0.1) is 24.0 Å². The molecule has 1 aliphatic heterocycles. The molecule has 1 aromatic carbocycles. The predicted molar refractivity (Wildman–Crippen MR) is 109 cm³/mol. The lowest BCUT2D eigenvalue weighted by atomic mass is 10.1. The number of aliphatic hydroxyl groups excluding tert-OH is 1. The van der Waals surface area contributed by atoms with Gasteiger partial charge in [-0.1, -0.05) is 18.2 Å². The maximum absolute atomic E-state index is 9.61. The number of hydrogen-bond acceptors (Lipinski definition) is 3. The fourth-order valence-electron chi connectivity index (χ4n) is 2.65. The van der Waals surface area contributed by atoms with Crippen LogP contribution >= 0.6 is 24.0 Å². The third kappa shape index (κ3) is 6.84. The van der Waals surface area contributed by atoms with E-state index in [0.29, 0.717) is 6.61 Å². The van der Waals surface area contributed by atoms with Gasteiger partial charge < -0.3 is 20.1 Å². The highest BCUT2D eigenvalue weighted by molar-refractivity contribution is 14.0. The maximum Gasteiger partial charge on any atom is 0.193 e. The molecular weight excluding hydrogens is 417 g/mol. The van der Waals surface area contributed by atoms with Crippen LogP contribution in [-0.4, -0.2) is 54.9 Å². The van der Waals surface area contributed by atoms with Gasteiger partial charge in [0, 0.05) is 32.6 Å². The fourth-order valence-corrected chi connectivity index (χ4v) is 2.65. The third-order valence-corrected chi connectivity index (χ3v) is 4.01. The molecule has 1 aromatic rings. The Morgan fingerprint density at radius 2 is 2.04 bits per heavy atom. The van der Waals surface area contributed by atoms with E-state index >= 15 is 0 Å². The van der Waals surface area contributed by atoms with Gasteiger partial charge in [-0.05, 0) is 38.3 Å². The van der Waals surface area contributed by atoms with Crippen molar-refractivity contribution in [3.8, 4) is 5.75 Å². The first-order valence-corrected chi connectivity index (χ1v) is 8.60. The van der Waals surface area contributed by atoms with Crippen LogP contribution in [-0.2, 0) is 0 Å². The minimum Gasteiger partial charge on any atom is -0.493 e. The number of nitrogens with zero attached hydrogens (tertiary/aromatic N) is 2. The van der Waals surface area contributed by atoms with Crippen molar-refractivity contribution in [2.24, 2.45) is 4.99 Å². The van der Waals surface area contributed by atoms with Gasteiger partial charge in [0.25, 0.3) is 0 Å². The summed E-state index contributed by atoms with van der Waals surface area (Å²) in [7, 11) is 0. The van der Waals surface area contributed by atoms with Gasteiger partial charge in [0.2, 0.25) is 0 Å². The quantitative estimate of drug-likeness (QED) is 0.305. The molecule has 1 fully saturated rings. The van der Waals surface area contributed by atoms with Crippen LogP contribution in [0.25, 0.3) is 0 Å². The summed E-state index contributed by atoms with van der Waals surface area (Å²) < 4.78 is 5.80. The van der Waals surface area contributed by atoms with E-state index in [4.69, 9.17) is 4.74 Å². The van der Waals surface area contributed by atoms with Crippen LogP contribution in [0, 0.1) is 6.92 Å². The van der Waals surface area contributed by atoms with E-state index in [1.54, 1.807) is 0 Å². The first-order chi connectivity index (χ1) is 11.2. The number of benzene rings is 1. The summed E-state index contributed by atoms with van der Waals surface area (Å²) in [5, 5.41) is 13.0. The Kier molecular flexibility index (Phi) is 10.1. The second-order valence-corrected chi connectivity index (χ2v) is 5.92. The van der Waals surface area contributed by atoms with Gasteiger partial charge in [-0.25, -0.2) is 0 Å². The standard InChI is InChI=1S/C18H29N3O2.HI/c1-3-19-18(21-12-9-16(22)10-13-21)20-11-6-14-23-17-8-5-4-7-15(17)2;/h4-5,7-8,16,22H,3,6,9-14H2,1-2H3,(H,19,20);1H. The average molecular weight is 447 g/mol. The van der Waals surface area contributed by atoms with E-state index in [-0.39, 0.29) is 30.1 Å². The van der Waals surface area contributed by atoms with Gasteiger partial charge in [-0.3, -0.25) is 4.99 Å². The first-order valence-electron chi connectivity index (χ1n) is 8.60. The van der Waals surface area contributed by atoms with Gasteiger partial charge >= 0.3 is 0 Å². The van der Waals surface area contributed by atoms with Crippen molar-refractivity contribution >= 4 is 29.9 Å². The highest BCUT2D eigenvalue weighted by Crippen LogP contribution is 2.16. The third-order valence-electron chi connectivity index (χ3n) is 4.01. The number of piperidine rings is 1. The van der Waals surface area contributed by atoms with Crippen molar-refractivity contribution in [2.75, 3.05) is 32.8 Å². The summed E-state index contributed by atoms with van der Waals surface area (Å²) in [5.41, 5.74) is 1.16. The normalized spacial score (nSPS) is 15.8. The second kappa shape index (κ2) is 11.5. The van der Waals surface area contributed by atoms with E-state index in [1.807, 2.05) is 18.2 Å². The lowest BCUT2D eigenvalue weighted by molar-refractivity contribution is 0.108. The molecule has 0 aliphatic carbocycles. The van der Waals surface area contributed by atoms with Crippen LogP contribution in [0.1, 0.15) is 31.7 Å². The number of aryl methyl sites for hydroxylation is 1. The molecule has 0 radical (unpaired) electrons. The molecule has 24 heavy (non-hydrogen) atoms. The molecule has 1 aliphatic rings. The van der Waals surface area contributed by atoms with Crippen molar-refractivity contribution < 1.29 is 9.84 Å². The zero-order chi connectivity index (χ0) is 16.5. The fraction of sp³-hybridized carbons (Fsp3) is 0.611. The minimum atomic E-state index is -0.156. The molecule has 0 unspecified atom stereocenters. The number of likely N-dealkylation sites (tertiary alicyclic amines) is 1. The molecule has 0 saturated carbocycles. The maximum atomic E-state index is 9.61. The molecule has 0 spiro atoms. The molecule has 2 N–H and O–H groups in total. The van der Waals surface area contributed by atoms with Crippen LogP contribution in [0.3, 0.4) is 0 Å². The predicted octanol–water partition coefficient (Wildman–Crippen LogP) is 2.80. The number of halogens is 1. The number of aliphatic imine (C=N–C) groups is 1. The molecule has 2 rings (SSSR count). The van der Waals surface area contributed by atoms with Crippen molar-refractivity contribution in [2.45, 2.75) is 39.2 Å². The highest BCUT2D eigenvalue weighted by atomic mass is 127.